The van der Waals surface area contributed by atoms with Crippen molar-refractivity contribution in [3.8, 4) is 0 Å². The highest BCUT2D eigenvalue weighted by Gasteiger charge is 2.32. The minimum atomic E-state index is -0.217. The van der Waals surface area contributed by atoms with E-state index in [4.69, 9.17) is 5.73 Å². The summed E-state index contributed by atoms with van der Waals surface area (Å²) in [4.78, 5) is 3.69. The Balaban J connectivity index is 2.14. The quantitative estimate of drug-likeness (QED) is 0.880. The van der Waals surface area contributed by atoms with E-state index in [2.05, 4.69) is 36.3 Å². The minimum Gasteiger partial charge on any atom is -0.392 e. The lowest BCUT2D eigenvalue weighted by molar-refractivity contribution is 0.00471. The maximum absolute atomic E-state index is 10.1. The summed E-state index contributed by atoms with van der Waals surface area (Å²) in [5, 5.41) is 12.2. The molecule has 1 fully saturated rings. The molecule has 1 aromatic heterocycles. The zero-order valence-electron chi connectivity index (χ0n) is 11.2. The maximum Gasteiger partial charge on any atom is 0.0693 e. The average molecular weight is 268 g/mol. The monoisotopic (exact) mass is 268 g/mol. The molecule has 1 aliphatic heterocycles. The van der Waals surface area contributed by atoms with Crippen LogP contribution in [0.5, 0.6) is 0 Å². The van der Waals surface area contributed by atoms with Crippen molar-refractivity contribution in [2.45, 2.75) is 44.9 Å². The molecule has 1 aromatic rings. The summed E-state index contributed by atoms with van der Waals surface area (Å²) in [7, 11) is 0. The first-order valence-electron chi connectivity index (χ1n) is 6.84. The van der Waals surface area contributed by atoms with Gasteiger partial charge in [-0.1, -0.05) is 19.9 Å². The van der Waals surface area contributed by atoms with E-state index in [9.17, 15) is 5.11 Å². The Labute approximate surface area is 114 Å². The van der Waals surface area contributed by atoms with Crippen LogP contribution >= 0.6 is 11.3 Å². The van der Waals surface area contributed by atoms with Crippen molar-refractivity contribution in [1.82, 2.24) is 4.90 Å². The largest absolute Gasteiger partial charge is 0.392 e. The van der Waals surface area contributed by atoms with Gasteiger partial charge in [-0.2, -0.15) is 0 Å². The lowest BCUT2D eigenvalue weighted by atomic mass is 9.92. The van der Waals surface area contributed by atoms with Gasteiger partial charge in [0.1, 0.15) is 0 Å². The first-order chi connectivity index (χ1) is 8.63. The molecule has 2 heterocycles. The molecular weight excluding hydrogens is 244 g/mol. The van der Waals surface area contributed by atoms with E-state index in [1.807, 2.05) is 0 Å². The number of likely N-dealkylation sites (tertiary alicyclic amines) is 1. The summed E-state index contributed by atoms with van der Waals surface area (Å²) in [5.74, 6) is 0.406. The molecule has 0 amide bonds. The zero-order chi connectivity index (χ0) is 13.1. The summed E-state index contributed by atoms with van der Waals surface area (Å²) in [6, 6.07) is 4.65. The molecular formula is C14H24N2OS. The first kappa shape index (κ1) is 14.0. The number of nitrogens with two attached hydrogens (primary N) is 1. The molecule has 3 N–H and O–H groups in total. The molecule has 1 saturated heterocycles. The summed E-state index contributed by atoms with van der Waals surface area (Å²) >= 11 is 1.77. The van der Waals surface area contributed by atoms with Gasteiger partial charge in [0.15, 0.2) is 0 Å². The van der Waals surface area contributed by atoms with Gasteiger partial charge in [-0.05, 0) is 36.8 Å². The lowest BCUT2D eigenvalue weighted by Gasteiger charge is -2.41. The third-order valence-corrected chi connectivity index (χ3v) is 5.00. The Morgan fingerprint density at radius 1 is 1.61 bits per heavy atom. The summed E-state index contributed by atoms with van der Waals surface area (Å²) in [6.45, 7) is 6.04. The van der Waals surface area contributed by atoms with E-state index < -0.39 is 0 Å². The highest BCUT2D eigenvalue weighted by atomic mass is 32.1. The first-order valence-corrected chi connectivity index (χ1v) is 7.72. The molecule has 0 radical (unpaired) electrons. The normalized spacial score (nSPS) is 29.1. The van der Waals surface area contributed by atoms with Gasteiger partial charge in [0, 0.05) is 17.5 Å². The van der Waals surface area contributed by atoms with Crippen LogP contribution in [0.4, 0.5) is 0 Å². The van der Waals surface area contributed by atoms with E-state index in [1.54, 1.807) is 11.3 Å². The third kappa shape index (κ3) is 2.94. The number of rotatable bonds is 4. The Kier molecular flexibility index (Phi) is 4.78. The van der Waals surface area contributed by atoms with Gasteiger partial charge in [-0.25, -0.2) is 0 Å². The number of aliphatic hydroxyl groups excluding tert-OH is 1. The van der Waals surface area contributed by atoms with Crippen LogP contribution in [0.15, 0.2) is 17.5 Å². The van der Waals surface area contributed by atoms with Crippen molar-refractivity contribution in [3.05, 3.63) is 22.4 Å². The van der Waals surface area contributed by atoms with Gasteiger partial charge in [-0.3, -0.25) is 4.90 Å². The number of aliphatic hydroxyl groups is 1. The molecule has 1 aliphatic rings. The fraction of sp³-hybridized carbons (Fsp3) is 0.714. The second kappa shape index (κ2) is 6.15. The van der Waals surface area contributed by atoms with Gasteiger partial charge >= 0.3 is 0 Å². The number of β-amino-alcohol motifs (C(OH)–C–C–N with tert-alkyl or cyclic N) is 1. The molecule has 18 heavy (non-hydrogen) atoms. The predicted octanol–water partition coefficient (Wildman–Crippen LogP) is 2.23. The fourth-order valence-electron chi connectivity index (χ4n) is 2.67. The van der Waals surface area contributed by atoms with Crippen LogP contribution in [-0.4, -0.2) is 35.2 Å². The number of hydrogen-bond donors (Lipinski definition) is 2. The molecule has 4 atom stereocenters. The number of thiophene rings is 1. The molecule has 2 rings (SSSR count). The standard InChI is InChI=1S/C14H24N2OS/c1-3-11(15)14(13-5-4-8-18-13)16-7-6-10(2)12(17)9-16/h4-5,8,10-12,14,17H,3,6-7,9,15H2,1-2H3. The summed E-state index contributed by atoms with van der Waals surface area (Å²) in [5.41, 5.74) is 6.30. The molecule has 0 aliphatic carbocycles. The Morgan fingerprint density at radius 3 is 2.94 bits per heavy atom. The fourth-order valence-corrected chi connectivity index (χ4v) is 3.61. The maximum atomic E-state index is 10.1. The van der Waals surface area contributed by atoms with Crippen molar-refractivity contribution in [2.24, 2.45) is 11.7 Å². The predicted molar refractivity (Wildman–Crippen MR) is 76.7 cm³/mol. The van der Waals surface area contributed by atoms with Crippen LogP contribution in [0.2, 0.25) is 0 Å². The van der Waals surface area contributed by atoms with Gasteiger partial charge < -0.3 is 10.8 Å². The second-order valence-electron chi connectivity index (χ2n) is 5.36. The smallest absolute Gasteiger partial charge is 0.0693 e. The van der Waals surface area contributed by atoms with Crippen LogP contribution < -0.4 is 5.73 Å². The van der Waals surface area contributed by atoms with Crippen molar-refractivity contribution in [2.75, 3.05) is 13.1 Å². The van der Waals surface area contributed by atoms with E-state index in [0.29, 0.717) is 5.92 Å². The minimum absolute atomic E-state index is 0.143. The molecule has 102 valence electrons. The van der Waals surface area contributed by atoms with Crippen LogP contribution in [-0.2, 0) is 0 Å². The molecule has 0 saturated carbocycles. The summed E-state index contributed by atoms with van der Waals surface area (Å²) in [6.07, 6.45) is 1.80. The number of nitrogens with zero attached hydrogens (tertiary/aromatic N) is 1. The Bertz CT molecular complexity index is 355. The van der Waals surface area contributed by atoms with Gasteiger partial charge in [-0.15, -0.1) is 11.3 Å². The topological polar surface area (TPSA) is 49.5 Å². The molecule has 0 spiro atoms. The van der Waals surface area contributed by atoms with Crippen LogP contribution in [0, 0.1) is 5.92 Å². The van der Waals surface area contributed by atoms with E-state index >= 15 is 0 Å². The molecule has 4 heteroatoms. The van der Waals surface area contributed by atoms with Crippen molar-refractivity contribution in [3.63, 3.8) is 0 Å². The van der Waals surface area contributed by atoms with Crippen LogP contribution in [0.3, 0.4) is 0 Å². The van der Waals surface area contributed by atoms with Gasteiger partial charge in [0.25, 0.3) is 0 Å². The van der Waals surface area contributed by atoms with Gasteiger partial charge in [0.05, 0.1) is 12.1 Å². The van der Waals surface area contributed by atoms with Crippen molar-refractivity contribution < 1.29 is 5.11 Å². The Morgan fingerprint density at radius 2 is 2.39 bits per heavy atom. The van der Waals surface area contributed by atoms with E-state index in [1.165, 1.54) is 4.88 Å². The lowest BCUT2D eigenvalue weighted by Crippen LogP contribution is -2.49. The van der Waals surface area contributed by atoms with Crippen LogP contribution in [0.1, 0.15) is 37.6 Å². The van der Waals surface area contributed by atoms with E-state index in [-0.39, 0.29) is 18.2 Å². The molecule has 3 nitrogen and oxygen atoms in total. The average Bonchev–Trinajstić information content (AvgIpc) is 2.87. The Hall–Kier alpha value is -0.420. The number of hydrogen-bond acceptors (Lipinski definition) is 4. The SMILES string of the molecule is CCC(N)C(c1cccs1)N1CCC(C)C(O)C1. The van der Waals surface area contributed by atoms with Gasteiger partial charge in [0.2, 0.25) is 0 Å². The van der Waals surface area contributed by atoms with Crippen LogP contribution in [0.25, 0.3) is 0 Å². The second-order valence-corrected chi connectivity index (χ2v) is 6.34. The zero-order valence-corrected chi connectivity index (χ0v) is 12.1. The highest BCUT2D eigenvalue weighted by molar-refractivity contribution is 7.10. The molecule has 0 aromatic carbocycles. The van der Waals surface area contributed by atoms with E-state index in [0.717, 1.165) is 25.9 Å². The van der Waals surface area contributed by atoms with Crippen molar-refractivity contribution in [1.29, 1.82) is 0 Å². The highest BCUT2D eigenvalue weighted by Crippen LogP contribution is 2.32. The summed E-state index contributed by atoms with van der Waals surface area (Å²) < 4.78 is 0. The third-order valence-electron chi connectivity index (χ3n) is 4.06. The molecule has 4 unspecified atom stereocenters. The van der Waals surface area contributed by atoms with Crippen molar-refractivity contribution >= 4 is 11.3 Å². The number of piperidine rings is 1. The molecule has 0 bridgehead atoms.